The van der Waals surface area contributed by atoms with E-state index in [2.05, 4.69) is 29.1 Å². The van der Waals surface area contributed by atoms with E-state index in [-0.39, 0.29) is 5.91 Å². The molecule has 1 unspecified atom stereocenters. The summed E-state index contributed by atoms with van der Waals surface area (Å²) in [6.07, 6.45) is 1.57. The van der Waals surface area contributed by atoms with Gasteiger partial charge in [-0.15, -0.1) is 11.3 Å². The highest BCUT2D eigenvalue weighted by atomic mass is 32.2. The van der Waals surface area contributed by atoms with Crippen molar-refractivity contribution in [2.75, 3.05) is 11.9 Å². The minimum atomic E-state index is -0.478. The number of nitrogens with zero attached hydrogens (tertiary/aromatic N) is 2. The van der Waals surface area contributed by atoms with Crippen molar-refractivity contribution in [3.63, 3.8) is 0 Å². The van der Waals surface area contributed by atoms with Crippen LogP contribution in [0.25, 0.3) is 10.2 Å². The highest BCUT2D eigenvalue weighted by Gasteiger charge is 2.25. The van der Waals surface area contributed by atoms with E-state index in [1.807, 2.05) is 61.5 Å². The Labute approximate surface area is 189 Å². The van der Waals surface area contributed by atoms with E-state index in [0.29, 0.717) is 18.0 Å². The standard InChI is InChI=1S/C24H23N3O2S2/c1-4-29-19-13-9-8-12-18(19)27-22(28)21(17-10-6-5-7-11-17)31-24-20-15(2)16(3)30-23(20)25-14-26-24/h5-14,21H,4H2,1-3H3,(H,27,28). The van der Waals surface area contributed by atoms with Crippen LogP contribution in [0.2, 0.25) is 0 Å². The van der Waals surface area contributed by atoms with Crippen LogP contribution in [0.15, 0.2) is 66.0 Å². The highest BCUT2D eigenvalue weighted by Crippen LogP contribution is 2.41. The number of hydrogen-bond acceptors (Lipinski definition) is 6. The van der Waals surface area contributed by atoms with Crippen LogP contribution in [-0.2, 0) is 4.79 Å². The maximum atomic E-state index is 13.5. The van der Waals surface area contributed by atoms with Gasteiger partial charge in [0.25, 0.3) is 0 Å². The number of anilines is 1. The number of carbonyl (C=O) groups excluding carboxylic acids is 1. The van der Waals surface area contributed by atoms with E-state index >= 15 is 0 Å². The largest absolute Gasteiger partial charge is 0.492 e. The van der Waals surface area contributed by atoms with E-state index < -0.39 is 5.25 Å². The van der Waals surface area contributed by atoms with E-state index in [9.17, 15) is 4.79 Å². The third-order valence-electron chi connectivity index (χ3n) is 4.95. The molecule has 2 heterocycles. The molecule has 158 valence electrons. The van der Waals surface area contributed by atoms with E-state index in [4.69, 9.17) is 4.74 Å². The Hall–Kier alpha value is -2.90. The summed E-state index contributed by atoms with van der Waals surface area (Å²) in [7, 11) is 0. The number of benzene rings is 2. The van der Waals surface area contributed by atoms with Crippen LogP contribution in [0.3, 0.4) is 0 Å². The Morgan fingerprint density at radius 3 is 2.61 bits per heavy atom. The maximum absolute atomic E-state index is 13.5. The van der Waals surface area contributed by atoms with Gasteiger partial charge >= 0.3 is 0 Å². The Morgan fingerprint density at radius 2 is 1.84 bits per heavy atom. The fourth-order valence-corrected chi connectivity index (χ4v) is 5.52. The van der Waals surface area contributed by atoms with E-state index in [1.165, 1.54) is 16.6 Å². The second kappa shape index (κ2) is 9.49. The van der Waals surface area contributed by atoms with Crippen molar-refractivity contribution in [3.8, 4) is 5.75 Å². The molecule has 7 heteroatoms. The normalized spacial score (nSPS) is 12.0. The van der Waals surface area contributed by atoms with Crippen molar-refractivity contribution in [2.45, 2.75) is 31.0 Å². The second-order valence-electron chi connectivity index (χ2n) is 6.97. The summed E-state index contributed by atoms with van der Waals surface area (Å²) in [5, 5.41) is 4.42. The maximum Gasteiger partial charge on any atom is 0.242 e. The van der Waals surface area contributed by atoms with Crippen LogP contribution < -0.4 is 10.1 Å². The number of hydrogen-bond donors (Lipinski definition) is 1. The average molecular weight is 450 g/mol. The summed E-state index contributed by atoms with van der Waals surface area (Å²) in [4.78, 5) is 24.6. The number of aryl methyl sites for hydroxylation is 2. The first-order valence-corrected chi connectivity index (χ1v) is 11.7. The number of thiophene rings is 1. The van der Waals surface area contributed by atoms with Crippen molar-refractivity contribution in [2.24, 2.45) is 0 Å². The molecule has 0 aliphatic carbocycles. The van der Waals surface area contributed by atoms with E-state index in [0.717, 1.165) is 26.4 Å². The summed E-state index contributed by atoms with van der Waals surface area (Å²) in [5.74, 6) is 0.531. The number of amides is 1. The zero-order chi connectivity index (χ0) is 21.8. The summed E-state index contributed by atoms with van der Waals surface area (Å²) >= 11 is 3.10. The summed E-state index contributed by atoms with van der Waals surface area (Å²) in [6.45, 7) is 6.62. The Bertz CT molecular complexity index is 1210. The number of aromatic nitrogens is 2. The lowest BCUT2D eigenvalue weighted by Crippen LogP contribution is -2.19. The molecular formula is C24H23N3O2S2. The molecule has 0 fully saturated rings. The van der Waals surface area contributed by atoms with Gasteiger partial charge in [0.05, 0.1) is 12.3 Å². The number of rotatable bonds is 7. The Morgan fingerprint density at radius 1 is 1.10 bits per heavy atom. The summed E-state index contributed by atoms with van der Waals surface area (Å²) in [5.41, 5.74) is 2.73. The monoisotopic (exact) mass is 449 g/mol. The van der Waals surface area contributed by atoms with Gasteiger partial charge in [-0.1, -0.05) is 54.2 Å². The Kier molecular flexibility index (Phi) is 6.53. The van der Waals surface area contributed by atoms with Crippen molar-refractivity contribution in [1.82, 2.24) is 9.97 Å². The number of ether oxygens (including phenoxy) is 1. The van der Waals surface area contributed by atoms with Gasteiger partial charge in [-0.25, -0.2) is 9.97 Å². The molecule has 1 amide bonds. The smallest absolute Gasteiger partial charge is 0.242 e. The number of thioether (sulfide) groups is 1. The molecule has 0 radical (unpaired) electrons. The zero-order valence-corrected chi connectivity index (χ0v) is 19.2. The van der Waals surface area contributed by atoms with Crippen molar-refractivity contribution in [1.29, 1.82) is 0 Å². The molecule has 1 N–H and O–H groups in total. The molecule has 2 aromatic carbocycles. The van der Waals surface area contributed by atoms with Crippen molar-refractivity contribution >= 4 is 44.9 Å². The van der Waals surface area contributed by atoms with Gasteiger partial charge in [-0.2, -0.15) is 0 Å². The first kappa shape index (κ1) is 21.3. The first-order chi connectivity index (χ1) is 15.1. The molecule has 0 spiro atoms. The summed E-state index contributed by atoms with van der Waals surface area (Å²) < 4.78 is 5.68. The number of para-hydroxylation sites is 2. The van der Waals surface area contributed by atoms with Gasteiger partial charge in [-0.3, -0.25) is 4.79 Å². The van der Waals surface area contributed by atoms with E-state index in [1.54, 1.807) is 17.7 Å². The van der Waals surface area contributed by atoms with Crippen LogP contribution in [0.1, 0.15) is 28.2 Å². The van der Waals surface area contributed by atoms with Crippen LogP contribution in [-0.4, -0.2) is 22.5 Å². The first-order valence-electron chi connectivity index (χ1n) is 10.0. The molecule has 4 aromatic rings. The predicted octanol–water partition coefficient (Wildman–Crippen LogP) is 6.18. The third-order valence-corrected chi connectivity index (χ3v) is 7.32. The molecule has 31 heavy (non-hydrogen) atoms. The molecular weight excluding hydrogens is 426 g/mol. The van der Waals surface area contributed by atoms with Gasteiger partial charge in [0.1, 0.15) is 27.2 Å². The molecule has 0 saturated carbocycles. The van der Waals surface area contributed by atoms with Crippen LogP contribution in [0.5, 0.6) is 5.75 Å². The highest BCUT2D eigenvalue weighted by molar-refractivity contribution is 8.00. The van der Waals surface area contributed by atoms with Gasteiger partial charge in [0.2, 0.25) is 5.91 Å². The molecule has 4 rings (SSSR count). The molecule has 5 nitrogen and oxygen atoms in total. The number of fused-ring (bicyclic) bond motifs is 1. The number of carbonyl (C=O) groups is 1. The minimum Gasteiger partial charge on any atom is -0.492 e. The van der Waals surface area contributed by atoms with Gasteiger partial charge < -0.3 is 10.1 Å². The third kappa shape index (κ3) is 4.57. The lowest BCUT2D eigenvalue weighted by Gasteiger charge is -2.18. The molecule has 0 aliphatic rings. The van der Waals surface area contributed by atoms with Crippen LogP contribution >= 0.6 is 23.1 Å². The topological polar surface area (TPSA) is 64.1 Å². The molecule has 0 saturated heterocycles. The van der Waals surface area contributed by atoms with Crippen LogP contribution in [0, 0.1) is 13.8 Å². The lowest BCUT2D eigenvalue weighted by atomic mass is 10.1. The predicted molar refractivity (Wildman–Crippen MR) is 128 cm³/mol. The van der Waals surface area contributed by atoms with Gasteiger partial charge in [0, 0.05) is 10.3 Å². The Balaban J connectivity index is 1.71. The zero-order valence-electron chi connectivity index (χ0n) is 17.6. The SMILES string of the molecule is CCOc1ccccc1NC(=O)C(Sc1ncnc2sc(C)c(C)c12)c1ccccc1. The molecule has 2 aromatic heterocycles. The van der Waals surface area contributed by atoms with Crippen LogP contribution in [0.4, 0.5) is 5.69 Å². The average Bonchev–Trinajstić information content (AvgIpc) is 3.08. The molecule has 1 atom stereocenters. The van der Waals surface area contributed by atoms with Gasteiger partial charge in [0.15, 0.2) is 0 Å². The lowest BCUT2D eigenvalue weighted by molar-refractivity contribution is -0.115. The number of nitrogens with one attached hydrogen (secondary N) is 1. The van der Waals surface area contributed by atoms with Gasteiger partial charge in [-0.05, 0) is 44.0 Å². The molecule has 0 bridgehead atoms. The second-order valence-corrected chi connectivity index (χ2v) is 9.27. The fourth-order valence-electron chi connectivity index (χ4n) is 3.30. The van der Waals surface area contributed by atoms with Crippen molar-refractivity contribution in [3.05, 3.63) is 76.9 Å². The molecule has 0 aliphatic heterocycles. The quantitative estimate of drug-likeness (QED) is 0.270. The van der Waals surface area contributed by atoms with Crippen molar-refractivity contribution < 1.29 is 9.53 Å². The fraction of sp³-hybridized carbons (Fsp3) is 0.208. The summed E-state index contributed by atoms with van der Waals surface area (Å²) in [6, 6.07) is 17.3. The minimum absolute atomic E-state index is 0.125.